The number of thiophene rings is 1. The molecule has 1 aliphatic heterocycles. The Kier molecular flexibility index (Phi) is 3.86. The number of hydrogen-bond acceptors (Lipinski definition) is 4. The summed E-state index contributed by atoms with van der Waals surface area (Å²) in [7, 11) is 1.68. The van der Waals surface area contributed by atoms with E-state index in [0.717, 1.165) is 51.9 Å². The average Bonchev–Trinajstić information content (AvgIpc) is 3.04. The molecule has 0 saturated carbocycles. The van der Waals surface area contributed by atoms with Crippen LogP contribution in [0.3, 0.4) is 0 Å². The number of rotatable bonds is 2. The molecule has 0 saturated heterocycles. The lowest BCUT2D eigenvalue weighted by molar-refractivity contribution is 0.0935. The molecule has 1 aromatic heterocycles. The van der Waals surface area contributed by atoms with Crippen LogP contribution in [0.15, 0.2) is 36.4 Å². The minimum atomic E-state index is -0.302. The Morgan fingerprint density at radius 2 is 2.00 bits per heavy atom. The molecular weight excluding hydrogens is 356 g/mol. The van der Waals surface area contributed by atoms with E-state index in [2.05, 4.69) is 35.8 Å². The molecule has 2 N–H and O–H groups in total. The van der Waals surface area contributed by atoms with Gasteiger partial charge in [-0.05, 0) is 47.6 Å². The molecule has 0 bridgehead atoms. The highest BCUT2D eigenvalue weighted by atomic mass is 32.1. The number of hydrogen-bond donors (Lipinski definition) is 2. The van der Waals surface area contributed by atoms with Crippen LogP contribution < -0.4 is 15.4 Å². The standard InChI is InChI=1S/C22H22N2O2S/c1-12-7-9-15-17(11-12)27-22-19(15)21(25)23-20(24-22)18-14-6-4-3-5-13(14)8-10-16(18)26-2/h3-6,8,10,12,20,24H,7,9,11H2,1-2H3,(H,23,25)/t12-,20+/m1/s1. The van der Waals surface area contributed by atoms with Crippen molar-refractivity contribution in [2.45, 2.75) is 32.4 Å². The van der Waals surface area contributed by atoms with Crippen molar-refractivity contribution in [3.8, 4) is 5.75 Å². The second-order valence-corrected chi connectivity index (χ2v) is 8.61. The largest absolute Gasteiger partial charge is 0.496 e. The van der Waals surface area contributed by atoms with Crippen molar-refractivity contribution in [2.75, 3.05) is 12.4 Å². The molecule has 1 amide bonds. The molecule has 27 heavy (non-hydrogen) atoms. The van der Waals surface area contributed by atoms with E-state index >= 15 is 0 Å². The van der Waals surface area contributed by atoms with Gasteiger partial charge in [-0.25, -0.2) is 0 Å². The van der Waals surface area contributed by atoms with Gasteiger partial charge in [0, 0.05) is 10.4 Å². The number of carbonyl (C=O) groups is 1. The molecular formula is C22H22N2O2S. The van der Waals surface area contributed by atoms with Gasteiger partial charge in [-0.15, -0.1) is 11.3 Å². The number of ether oxygens (including phenoxy) is 1. The zero-order valence-corrected chi connectivity index (χ0v) is 16.3. The molecule has 138 valence electrons. The van der Waals surface area contributed by atoms with E-state index in [1.807, 2.05) is 18.2 Å². The summed E-state index contributed by atoms with van der Waals surface area (Å²) in [5, 5.41) is 9.99. The van der Waals surface area contributed by atoms with Crippen molar-refractivity contribution < 1.29 is 9.53 Å². The molecule has 3 aromatic rings. The van der Waals surface area contributed by atoms with Gasteiger partial charge in [-0.2, -0.15) is 0 Å². The maximum Gasteiger partial charge on any atom is 0.256 e. The summed E-state index contributed by atoms with van der Waals surface area (Å²) in [4.78, 5) is 14.4. The maximum absolute atomic E-state index is 13.0. The number of methoxy groups -OCH3 is 1. The van der Waals surface area contributed by atoms with Crippen molar-refractivity contribution in [1.29, 1.82) is 0 Å². The first-order chi connectivity index (χ1) is 13.2. The van der Waals surface area contributed by atoms with Gasteiger partial charge in [0.1, 0.15) is 16.9 Å². The number of benzene rings is 2. The van der Waals surface area contributed by atoms with Gasteiger partial charge < -0.3 is 15.4 Å². The molecule has 2 heterocycles. The van der Waals surface area contributed by atoms with Crippen LogP contribution in [-0.2, 0) is 12.8 Å². The SMILES string of the molecule is COc1ccc2ccccc2c1[C@H]1NC(=O)c2c(sc3c2CC[C@@H](C)C3)N1. The van der Waals surface area contributed by atoms with Gasteiger partial charge in [-0.1, -0.05) is 37.3 Å². The van der Waals surface area contributed by atoms with Crippen molar-refractivity contribution in [1.82, 2.24) is 5.32 Å². The van der Waals surface area contributed by atoms with Gasteiger partial charge in [0.15, 0.2) is 0 Å². The minimum absolute atomic E-state index is 0.0239. The van der Waals surface area contributed by atoms with Gasteiger partial charge in [0.05, 0.1) is 12.7 Å². The topological polar surface area (TPSA) is 50.4 Å². The van der Waals surface area contributed by atoms with E-state index in [0.29, 0.717) is 5.92 Å². The fourth-order valence-electron chi connectivity index (χ4n) is 4.36. The molecule has 0 radical (unpaired) electrons. The molecule has 2 aromatic carbocycles. The van der Waals surface area contributed by atoms with E-state index in [1.54, 1.807) is 18.4 Å². The molecule has 2 aliphatic rings. The molecule has 0 fully saturated rings. The summed E-state index contributed by atoms with van der Waals surface area (Å²) < 4.78 is 5.64. The monoisotopic (exact) mass is 378 g/mol. The summed E-state index contributed by atoms with van der Waals surface area (Å²) in [5.74, 6) is 1.50. The highest BCUT2D eigenvalue weighted by molar-refractivity contribution is 7.16. The van der Waals surface area contributed by atoms with Gasteiger partial charge >= 0.3 is 0 Å². The predicted molar refractivity (Wildman–Crippen MR) is 110 cm³/mol. The maximum atomic E-state index is 13.0. The molecule has 0 spiro atoms. The van der Waals surface area contributed by atoms with E-state index in [1.165, 1.54) is 10.4 Å². The Labute approximate surface area is 162 Å². The van der Waals surface area contributed by atoms with Gasteiger partial charge in [0.2, 0.25) is 0 Å². The predicted octanol–water partition coefficient (Wildman–Crippen LogP) is 4.89. The third-order valence-corrected chi connectivity index (χ3v) is 6.91. The molecule has 4 nitrogen and oxygen atoms in total. The van der Waals surface area contributed by atoms with Crippen molar-refractivity contribution in [3.05, 3.63) is 58.0 Å². The van der Waals surface area contributed by atoms with Crippen molar-refractivity contribution in [3.63, 3.8) is 0 Å². The lowest BCUT2D eigenvalue weighted by Crippen LogP contribution is -2.38. The second-order valence-electron chi connectivity index (χ2n) is 7.51. The van der Waals surface area contributed by atoms with E-state index in [4.69, 9.17) is 4.74 Å². The second kappa shape index (κ2) is 6.27. The third-order valence-electron chi connectivity index (χ3n) is 5.73. The lowest BCUT2D eigenvalue weighted by atomic mass is 9.88. The number of fused-ring (bicyclic) bond motifs is 4. The number of amides is 1. The number of nitrogens with one attached hydrogen (secondary N) is 2. The summed E-state index contributed by atoms with van der Waals surface area (Å²) in [6.45, 7) is 2.29. The molecule has 5 rings (SSSR count). The Balaban J connectivity index is 1.62. The number of carbonyl (C=O) groups excluding carboxylic acids is 1. The zero-order valence-electron chi connectivity index (χ0n) is 15.5. The van der Waals surface area contributed by atoms with Crippen LogP contribution in [0.25, 0.3) is 10.8 Å². The summed E-state index contributed by atoms with van der Waals surface area (Å²) in [5.41, 5.74) is 3.09. The van der Waals surface area contributed by atoms with E-state index in [9.17, 15) is 4.79 Å². The smallest absolute Gasteiger partial charge is 0.256 e. The Bertz CT molecular complexity index is 1060. The fourth-order valence-corrected chi connectivity index (χ4v) is 5.80. The quantitative estimate of drug-likeness (QED) is 0.668. The van der Waals surface area contributed by atoms with Crippen LogP contribution in [0, 0.1) is 5.92 Å². The van der Waals surface area contributed by atoms with Crippen LogP contribution in [0.5, 0.6) is 5.75 Å². The van der Waals surface area contributed by atoms with Crippen LogP contribution >= 0.6 is 11.3 Å². The summed E-state index contributed by atoms with van der Waals surface area (Å²) in [6.07, 6.45) is 2.93. The highest BCUT2D eigenvalue weighted by Crippen LogP contribution is 2.44. The molecule has 0 unspecified atom stereocenters. The Morgan fingerprint density at radius 3 is 2.85 bits per heavy atom. The van der Waals surface area contributed by atoms with Crippen molar-refractivity contribution in [2.24, 2.45) is 5.92 Å². The Hall–Kier alpha value is -2.53. The first-order valence-electron chi connectivity index (χ1n) is 9.43. The lowest BCUT2D eigenvalue weighted by Gasteiger charge is -2.29. The third kappa shape index (κ3) is 2.60. The zero-order chi connectivity index (χ0) is 18.5. The molecule has 5 heteroatoms. The first kappa shape index (κ1) is 16.6. The fraction of sp³-hybridized carbons (Fsp3) is 0.318. The number of anilines is 1. The van der Waals surface area contributed by atoms with Gasteiger partial charge in [0.25, 0.3) is 5.91 Å². The minimum Gasteiger partial charge on any atom is -0.496 e. The normalized spacial score (nSPS) is 21.2. The summed E-state index contributed by atoms with van der Waals surface area (Å²) in [6, 6.07) is 12.2. The van der Waals surface area contributed by atoms with Crippen LogP contribution in [-0.4, -0.2) is 13.0 Å². The molecule has 2 atom stereocenters. The first-order valence-corrected chi connectivity index (χ1v) is 10.2. The van der Waals surface area contributed by atoms with Crippen LogP contribution in [0.2, 0.25) is 0 Å². The average molecular weight is 378 g/mol. The summed E-state index contributed by atoms with van der Waals surface area (Å²) >= 11 is 1.75. The molecule has 1 aliphatic carbocycles. The van der Waals surface area contributed by atoms with E-state index < -0.39 is 0 Å². The van der Waals surface area contributed by atoms with Crippen molar-refractivity contribution >= 4 is 33.0 Å². The highest BCUT2D eigenvalue weighted by Gasteiger charge is 2.34. The van der Waals surface area contributed by atoms with E-state index in [-0.39, 0.29) is 12.1 Å². The van der Waals surface area contributed by atoms with Crippen LogP contribution in [0.4, 0.5) is 5.00 Å². The Morgan fingerprint density at radius 1 is 1.15 bits per heavy atom. The van der Waals surface area contributed by atoms with Crippen LogP contribution in [0.1, 0.15) is 45.9 Å². The van der Waals surface area contributed by atoms with Gasteiger partial charge in [-0.3, -0.25) is 4.79 Å².